The fraction of sp³-hybridized carbons (Fsp3) is 0.136. The molecule has 0 aliphatic rings. The average Bonchev–Trinajstić information content (AvgIpc) is 3.18. The first-order valence-corrected chi connectivity index (χ1v) is 10.8. The number of fused-ring (bicyclic) bond motifs is 1. The van der Waals surface area contributed by atoms with Gasteiger partial charge in [0.05, 0.1) is 10.6 Å². The first-order chi connectivity index (χ1) is 14.1. The number of aromatic nitrogens is 2. The molecule has 0 saturated heterocycles. The third-order valence-electron chi connectivity index (χ3n) is 4.46. The minimum Gasteiger partial charge on any atom is -0.351 e. The second kappa shape index (κ2) is 8.71. The molecule has 4 rings (SSSR count). The largest absolute Gasteiger partial charge is 0.351 e. The Balaban J connectivity index is 1.55. The van der Waals surface area contributed by atoms with E-state index < -0.39 is 0 Å². The van der Waals surface area contributed by atoms with Crippen LogP contribution in [0.5, 0.6) is 0 Å². The summed E-state index contributed by atoms with van der Waals surface area (Å²) in [7, 11) is 0. The van der Waals surface area contributed by atoms with Gasteiger partial charge >= 0.3 is 0 Å². The van der Waals surface area contributed by atoms with E-state index in [2.05, 4.69) is 15.3 Å². The van der Waals surface area contributed by atoms with E-state index in [0.717, 1.165) is 31.9 Å². The number of benzene rings is 2. The lowest BCUT2D eigenvalue weighted by Crippen LogP contribution is -2.30. The van der Waals surface area contributed by atoms with Crippen molar-refractivity contribution >= 4 is 39.2 Å². The predicted molar refractivity (Wildman–Crippen MR) is 116 cm³/mol. The molecule has 7 heteroatoms. The van der Waals surface area contributed by atoms with Crippen LogP contribution in [0, 0.1) is 5.82 Å². The summed E-state index contributed by atoms with van der Waals surface area (Å²) in [5, 5.41) is 6.29. The Morgan fingerprint density at radius 1 is 1.14 bits per heavy atom. The van der Waals surface area contributed by atoms with Gasteiger partial charge in [-0.3, -0.25) is 4.79 Å². The third kappa shape index (κ3) is 4.46. The number of thiophene rings is 1. The number of hydrogen-bond acceptors (Lipinski definition) is 5. The molecule has 2 aromatic carbocycles. The molecule has 2 heterocycles. The molecule has 0 aliphatic heterocycles. The Kier molecular flexibility index (Phi) is 5.87. The molecule has 0 saturated carbocycles. The molecule has 0 spiro atoms. The number of thioether (sulfide) groups is 1. The van der Waals surface area contributed by atoms with Crippen LogP contribution in [0.1, 0.15) is 12.5 Å². The maximum absolute atomic E-state index is 13.3. The second-order valence-corrected chi connectivity index (χ2v) is 8.67. The van der Waals surface area contributed by atoms with Gasteiger partial charge in [0.2, 0.25) is 5.91 Å². The van der Waals surface area contributed by atoms with Crippen molar-refractivity contribution in [2.24, 2.45) is 0 Å². The van der Waals surface area contributed by atoms with Crippen molar-refractivity contribution in [1.82, 2.24) is 15.3 Å². The van der Waals surface area contributed by atoms with Gasteiger partial charge in [-0.2, -0.15) is 0 Å². The summed E-state index contributed by atoms with van der Waals surface area (Å²) in [6, 6.07) is 16.2. The standard InChI is InChI=1S/C22H18FN3OS2/c1-14(20(27)24-11-15-5-3-2-4-6-15)29-22-19-18(12-28-21(19)25-13-26-22)16-7-9-17(23)10-8-16/h2-10,12-14H,11H2,1H3,(H,24,27). The summed E-state index contributed by atoms with van der Waals surface area (Å²) in [5.41, 5.74) is 2.90. The Hall–Kier alpha value is -2.77. The number of carbonyl (C=O) groups excluding carboxylic acids is 1. The van der Waals surface area contributed by atoms with Gasteiger partial charge in [-0.25, -0.2) is 14.4 Å². The Bertz CT molecular complexity index is 1130. The highest BCUT2D eigenvalue weighted by Crippen LogP contribution is 2.38. The molecule has 4 nitrogen and oxygen atoms in total. The van der Waals surface area contributed by atoms with E-state index in [4.69, 9.17) is 0 Å². The molecule has 4 aromatic rings. The lowest BCUT2D eigenvalue weighted by Gasteiger charge is -2.12. The molecular formula is C22H18FN3OS2. The molecule has 0 radical (unpaired) electrons. The summed E-state index contributed by atoms with van der Waals surface area (Å²) in [5.74, 6) is -0.327. The van der Waals surface area contributed by atoms with Crippen LogP contribution in [0.2, 0.25) is 0 Å². The SMILES string of the molecule is CC(Sc1ncnc2scc(-c3ccc(F)cc3)c12)C(=O)NCc1ccccc1. The minimum atomic E-state index is -0.321. The van der Waals surface area contributed by atoms with Gasteiger partial charge in [-0.05, 0) is 30.2 Å². The Labute approximate surface area is 176 Å². The smallest absolute Gasteiger partial charge is 0.233 e. The van der Waals surface area contributed by atoms with Crippen LogP contribution >= 0.6 is 23.1 Å². The molecule has 1 unspecified atom stereocenters. The molecule has 0 aliphatic carbocycles. The third-order valence-corrected chi connectivity index (χ3v) is 6.44. The number of amides is 1. The highest BCUT2D eigenvalue weighted by molar-refractivity contribution is 8.00. The van der Waals surface area contributed by atoms with E-state index in [0.29, 0.717) is 6.54 Å². The van der Waals surface area contributed by atoms with Gasteiger partial charge in [0, 0.05) is 17.5 Å². The van der Waals surface area contributed by atoms with Gasteiger partial charge in [0.15, 0.2) is 0 Å². The molecular weight excluding hydrogens is 405 g/mol. The summed E-state index contributed by atoms with van der Waals surface area (Å²) < 4.78 is 13.3. The molecule has 1 atom stereocenters. The van der Waals surface area contributed by atoms with Crippen LogP contribution in [0.4, 0.5) is 4.39 Å². The van der Waals surface area contributed by atoms with Gasteiger partial charge in [0.25, 0.3) is 0 Å². The van der Waals surface area contributed by atoms with Crippen molar-refractivity contribution in [3.8, 4) is 11.1 Å². The van der Waals surface area contributed by atoms with Crippen molar-refractivity contribution in [2.75, 3.05) is 0 Å². The quantitative estimate of drug-likeness (QED) is 0.338. The zero-order valence-electron chi connectivity index (χ0n) is 15.6. The fourth-order valence-electron chi connectivity index (χ4n) is 2.93. The highest BCUT2D eigenvalue weighted by atomic mass is 32.2. The maximum atomic E-state index is 13.3. The lowest BCUT2D eigenvalue weighted by atomic mass is 10.1. The van der Waals surface area contributed by atoms with Crippen LogP contribution in [-0.2, 0) is 11.3 Å². The number of halogens is 1. The lowest BCUT2D eigenvalue weighted by molar-refractivity contribution is -0.120. The number of hydrogen-bond donors (Lipinski definition) is 1. The van der Waals surface area contributed by atoms with E-state index in [1.807, 2.05) is 42.6 Å². The second-order valence-electron chi connectivity index (χ2n) is 6.48. The number of nitrogens with zero attached hydrogens (tertiary/aromatic N) is 2. The number of nitrogens with one attached hydrogen (secondary N) is 1. The first-order valence-electron chi connectivity index (χ1n) is 9.08. The number of carbonyl (C=O) groups is 1. The van der Waals surface area contributed by atoms with E-state index in [1.54, 1.807) is 12.1 Å². The molecule has 1 N–H and O–H groups in total. The zero-order valence-corrected chi connectivity index (χ0v) is 17.3. The van der Waals surface area contributed by atoms with Crippen molar-refractivity contribution < 1.29 is 9.18 Å². The van der Waals surface area contributed by atoms with Crippen molar-refractivity contribution in [3.05, 3.63) is 77.7 Å². The van der Waals surface area contributed by atoms with E-state index in [1.165, 1.54) is 41.6 Å². The van der Waals surface area contributed by atoms with Gasteiger partial charge in [-0.15, -0.1) is 11.3 Å². The van der Waals surface area contributed by atoms with Gasteiger partial charge in [0.1, 0.15) is 22.0 Å². The van der Waals surface area contributed by atoms with Crippen LogP contribution in [-0.4, -0.2) is 21.1 Å². The summed E-state index contributed by atoms with van der Waals surface area (Å²) >= 11 is 2.91. The van der Waals surface area contributed by atoms with E-state index in [9.17, 15) is 9.18 Å². The summed E-state index contributed by atoms with van der Waals surface area (Å²) in [6.07, 6.45) is 1.52. The zero-order chi connectivity index (χ0) is 20.2. The van der Waals surface area contributed by atoms with Crippen LogP contribution in [0.3, 0.4) is 0 Å². The van der Waals surface area contributed by atoms with Crippen LogP contribution < -0.4 is 5.32 Å². The van der Waals surface area contributed by atoms with Gasteiger partial charge in [-0.1, -0.05) is 54.2 Å². The number of rotatable bonds is 6. The first kappa shape index (κ1) is 19.5. The average molecular weight is 424 g/mol. The van der Waals surface area contributed by atoms with Crippen LogP contribution in [0.15, 0.2) is 71.3 Å². The van der Waals surface area contributed by atoms with Crippen LogP contribution in [0.25, 0.3) is 21.3 Å². The molecule has 0 fully saturated rings. The maximum Gasteiger partial charge on any atom is 0.233 e. The Morgan fingerprint density at radius 2 is 1.90 bits per heavy atom. The summed E-state index contributed by atoms with van der Waals surface area (Å²) in [6.45, 7) is 2.35. The summed E-state index contributed by atoms with van der Waals surface area (Å²) in [4.78, 5) is 22.2. The van der Waals surface area contributed by atoms with Gasteiger partial charge < -0.3 is 5.32 Å². The van der Waals surface area contributed by atoms with E-state index in [-0.39, 0.29) is 17.0 Å². The van der Waals surface area contributed by atoms with E-state index >= 15 is 0 Å². The molecule has 29 heavy (non-hydrogen) atoms. The Morgan fingerprint density at radius 3 is 2.66 bits per heavy atom. The molecule has 146 valence electrons. The highest BCUT2D eigenvalue weighted by Gasteiger charge is 2.19. The van der Waals surface area contributed by atoms with Crippen molar-refractivity contribution in [2.45, 2.75) is 23.7 Å². The topological polar surface area (TPSA) is 54.9 Å². The molecule has 2 aromatic heterocycles. The minimum absolute atomic E-state index is 0.0517. The molecule has 0 bridgehead atoms. The predicted octanol–water partition coefficient (Wildman–Crippen LogP) is 5.29. The van der Waals surface area contributed by atoms with Crippen molar-refractivity contribution in [1.29, 1.82) is 0 Å². The fourth-order valence-corrected chi connectivity index (χ4v) is 4.87. The normalized spacial score (nSPS) is 12.1. The monoisotopic (exact) mass is 423 g/mol. The van der Waals surface area contributed by atoms with Crippen molar-refractivity contribution in [3.63, 3.8) is 0 Å². The molecule has 1 amide bonds.